The third-order valence-electron chi connectivity index (χ3n) is 3.64. The minimum absolute atomic E-state index is 0.130. The Balaban J connectivity index is 3.01. The SMILES string of the molecule is CCC(OCC1CO1)[Si](OC(C)OC)(OC(C)OC)OC(C)OC. The van der Waals surface area contributed by atoms with E-state index in [0.29, 0.717) is 19.6 Å². The fourth-order valence-corrected chi connectivity index (χ4v) is 5.11. The molecule has 1 aliphatic rings. The van der Waals surface area contributed by atoms with Crippen LogP contribution in [0.3, 0.4) is 0 Å². The van der Waals surface area contributed by atoms with Crippen LogP contribution in [0.15, 0.2) is 0 Å². The fraction of sp³-hybridized carbons (Fsp3) is 1.00. The summed E-state index contributed by atoms with van der Waals surface area (Å²) in [5.41, 5.74) is -0.394. The van der Waals surface area contributed by atoms with Crippen molar-refractivity contribution in [2.24, 2.45) is 0 Å². The Bertz CT molecular complexity index is 310. The van der Waals surface area contributed by atoms with Gasteiger partial charge in [0, 0.05) is 21.3 Å². The highest BCUT2D eigenvalue weighted by Crippen LogP contribution is 2.27. The summed E-state index contributed by atoms with van der Waals surface area (Å²) in [5.74, 6) is 0. The standard InChI is InChI=1S/C15H32O8Si/c1-8-15(20-10-14-9-19-14)24(21-11(2)16-5,22-12(3)17-6)23-13(4)18-7/h11-15H,8-10H2,1-7H3. The lowest BCUT2D eigenvalue weighted by Gasteiger charge is -2.39. The molecule has 8 nitrogen and oxygen atoms in total. The van der Waals surface area contributed by atoms with Gasteiger partial charge >= 0.3 is 8.80 Å². The lowest BCUT2D eigenvalue weighted by atomic mass is 10.5. The molecule has 144 valence electrons. The zero-order chi connectivity index (χ0) is 18.2. The highest BCUT2D eigenvalue weighted by atomic mass is 28.4. The van der Waals surface area contributed by atoms with Crippen LogP contribution in [0.1, 0.15) is 34.1 Å². The highest BCUT2D eigenvalue weighted by molar-refractivity contribution is 6.62. The van der Waals surface area contributed by atoms with E-state index in [2.05, 4.69) is 0 Å². The van der Waals surface area contributed by atoms with Crippen LogP contribution in [-0.4, -0.2) is 74.0 Å². The molecular formula is C15H32O8Si. The molecule has 1 saturated heterocycles. The van der Waals surface area contributed by atoms with Crippen LogP contribution in [0.5, 0.6) is 0 Å². The molecule has 0 amide bonds. The smallest absolute Gasteiger partial charge is 0.371 e. The summed E-state index contributed by atoms with van der Waals surface area (Å²) in [5, 5.41) is 0. The molecule has 0 N–H and O–H groups in total. The van der Waals surface area contributed by atoms with E-state index >= 15 is 0 Å². The Morgan fingerprint density at radius 1 is 0.917 bits per heavy atom. The lowest BCUT2D eigenvalue weighted by Crippen LogP contribution is -2.61. The number of hydrogen-bond acceptors (Lipinski definition) is 8. The van der Waals surface area contributed by atoms with Gasteiger partial charge < -0.3 is 37.0 Å². The summed E-state index contributed by atoms with van der Waals surface area (Å²) in [7, 11) is 1.31. The summed E-state index contributed by atoms with van der Waals surface area (Å²) < 4.78 is 45.3. The first-order valence-electron chi connectivity index (χ1n) is 8.25. The van der Waals surface area contributed by atoms with Gasteiger partial charge in [-0.05, 0) is 27.2 Å². The van der Waals surface area contributed by atoms with Crippen molar-refractivity contribution in [3.8, 4) is 0 Å². The number of ether oxygens (including phenoxy) is 5. The van der Waals surface area contributed by atoms with Gasteiger partial charge in [-0.3, -0.25) is 0 Å². The van der Waals surface area contributed by atoms with E-state index in [1.807, 2.05) is 6.92 Å². The monoisotopic (exact) mass is 368 g/mol. The molecule has 0 bridgehead atoms. The van der Waals surface area contributed by atoms with Crippen LogP contribution in [0, 0.1) is 0 Å². The molecule has 0 aromatic heterocycles. The van der Waals surface area contributed by atoms with Gasteiger partial charge in [0.1, 0.15) is 30.7 Å². The summed E-state index contributed by atoms with van der Waals surface area (Å²) in [6.07, 6.45) is -0.813. The number of hydrogen-bond donors (Lipinski definition) is 0. The summed E-state index contributed by atoms with van der Waals surface area (Å²) in [6, 6.07) is 0. The molecule has 0 aromatic carbocycles. The first kappa shape index (κ1) is 21.9. The third-order valence-corrected chi connectivity index (χ3v) is 6.98. The second kappa shape index (κ2) is 10.8. The molecule has 0 saturated carbocycles. The first-order chi connectivity index (χ1) is 11.4. The molecule has 0 spiro atoms. The number of rotatable bonds is 14. The van der Waals surface area contributed by atoms with Crippen LogP contribution in [0.4, 0.5) is 0 Å². The normalized spacial score (nSPS) is 24.9. The quantitative estimate of drug-likeness (QED) is 0.260. The van der Waals surface area contributed by atoms with Gasteiger partial charge in [-0.1, -0.05) is 6.92 Å². The summed E-state index contributed by atoms with van der Waals surface area (Å²) in [6.45, 7) is 8.50. The second-order valence-corrected chi connectivity index (χ2v) is 8.11. The van der Waals surface area contributed by atoms with E-state index in [-0.39, 0.29) is 6.10 Å². The molecule has 5 unspecified atom stereocenters. The molecular weight excluding hydrogens is 336 g/mol. The lowest BCUT2D eigenvalue weighted by molar-refractivity contribution is -0.179. The maximum Gasteiger partial charge on any atom is 0.537 e. The predicted molar refractivity (Wildman–Crippen MR) is 88.2 cm³/mol. The van der Waals surface area contributed by atoms with Crippen molar-refractivity contribution < 1.29 is 37.0 Å². The van der Waals surface area contributed by atoms with Crippen molar-refractivity contribution in [3.63, 3.8) is 0 Å². The molecule has 1 rings (SSSR count). The van der Waals surface area contributed by atoms with Gasteiger partial charge in [-0.15, -0.1) is 0 Å². The summed E-state index contributed by atoms with van der Waals surface area (Å²) in [4.78, 5) is 0. The zero-order valence-electron chi connectivity index (χ0n) is 15.8. The largest absolute Gasteiger partial charge is 0.537 e. The molecule has 1 fully saturated rings. The van der Waals surface area contributed by atoms with Crippen molar-refractivity contribution >= 4 is 8.80 Å². The highest BCUT2D eigenvalue weighted by Gasteiger charge is 2.54. The molecule has 24 heavy (non-hydrogen) atoms. The summed E-state index contributed by atoms with van der Waals surface area (Å²) >= 11 is 0. The van der Waals surface area contributed by atoms with Crippen molar-refractivity contribution in [1.29, 1.82) is 0 Å². The molecule has 0 aromatic rings. The van der Waals surface area contributed by atoms with Gasteiger partial charge in [-0.2, -0.15) is 0 Å². The Labute approximate surface area is 146 Å². The Hall–Kier alpha value is -0.103. The van der Waals surface area contributed by atoms with E-state index in [9.17, 15) is 0 Å². The Morgan fingerprint density at radius 2 is 1.33 bits per heavy atom. The van der Waals surface area contributed by atoms with Gasteiger partial charge in [0.05, 0.1) is 13.2 Å². The predicted octanol–water partition coefficient (Wildman–Crippen LogP) is 1.69. The van der Waals surface area contributed by atoms with E-state index in [1.165, 1.54) is 0 Å². The third kappa shape index (κ3) is 7.02. The van der Waals surface area contributed by atoms with E-state index in [1.54, 1.807) is 42.1 Å². The average Bonchev–Trinajstić information content (AvgIpc) is 3.39. The number of epoxide rings is 1. The van der Waals surface area contributed by atoms with E-state index < -0.39 is 33.4 Å². The minimum Gasteiger partial charge on any atom is -0.371 e. The maximum atomic E-state index is 6.08. The average molecular weight is 368 g/mol. The minimum atomic E-state index is -3.37. The molecule has 9 heteroatoms. The zero-order valence-corrected chi connectivity index (χ0v) is 16.8. The van der Waals surface area contributed by atoms with Crippen molar-refractivity contribution in [2.75, 3.05) is 34.5 Å². The molecule has 1 heterocycles. The van der Waals surface area contributed by atoms with Crippen molar-refractivity contribution in [3.05, 3.63) is 0 Å². The van der Waals surface area contributed by atoms with Gasteiger partial charge in [0.2, 0.25) is 0 Å². The Morgan fingerprint density at radius 3 is 1.62 bits per heavy atom. The molecule has 1 aliphatic heterocycles. The van der Waals surface area contributed by atoms with Crippen molar-refractivity contribution in [2.45, 2.75) is 64.8 Å². The van der Waals surface area contributed by atoms with Crippen LogP contribution in [0.2, 0.25) is 0 Å². The first-order valence-corrected chi connectivity index (χ1v) is 10.1. The molecule has 0 radical (unpaired) electrons. The molecule has 0 aliphatic carbocycles. The fourth-order valence-electron chi connectivity index (χ4n) is 2.01. The van der Waals surface area contributed by atoms with E-state index in [0.717, 1.165) is 0 Å². The maximum absolute atomic E-state index is 6.08. The topological polar surface area (TPSA) is 77.1 Å². The van der Waals surface area contributed by atoms with Gasteiger partial charge in [0.15, 0.2) is 0 Å². The van der Waals surface area contributed by atoms with E-state index in [4.69, 9.17) is 37.0 Å². The molecule has 5 atom stereocenters. The van der Waals surface area contributed by atoms with Crippen molar-refractivity contribution in [1.82, 2.24) is 0 Å². The van der Waals surface area contributed by atoms with Crippen LogP contribution < -0.4 is 0 Å². The van der Waals surface area contributed by atoms with Crippen LogP contribution >= 0.6 is 0 Å². The Kier molecular flexibility index (Phi) is 9.86. The van der Waals surface area contributed by atoms with Crippen LogP contribution in [0.25, 0.3) is 0 Å². The van der Waals surface area contributed by atoms with Crippen LogP contribution in [-0.2, 0) is 37.0 Å². The van der Waals surface area contributed by atoms with Gasteiger partial charge in [0.25, 0.3) is 0 Å². The van der Waals surface area contributed by atoms with Gasteiger partial charge in [-0.25, -0.2) is 0 Å². The second-order valence-electron chi connectivity index (χ2n) is 5.55. The number of methoxy groups -OCH3 is 3.